The van der Waals surface area contributed by atoms with Crippen LogP contribution in [0.2, 0.25) is 25.1 Å². The lowest BCUT2D eigenvalue weighted by Gasteiger charge is -2.07. The molecule has 0 aliphatic heterocycles. The van der Waals surface area contributed by atoms with E-state index in [0.29, 0.717) is 30.5 Å². The predicted octanol–water partition coefficient (Wildman–Crippen LogP) is 6.11. The first kappa shape index (κ1) is 11.6. The molecular formula is C10H3Cl5. The molecule has 78 valence electrons. The van der Waals surface area contributed by atoms with E-state index in [1.54, 1.807) is 18.2 Å². The molecule has 0 fully saturated rings. The zero-order valence-corrected chi connectivity index (χ0v) is 10.9. The van der Waals surface area contributed by atoms with Gasteiger partial charge >= 0.3 is 0 Å². The van der Waals surface area contributed by atoms with E-state index in [2.05, 4.69) is 0 Å². The molecule has 2 aromatic carbocycles. The van der Waals surface area contributed by atoms with Crippen LogP contribution in [-0.2, 0) is 0 Å². The Morgan fingerprint density at radius 3 is 1.93 bits per heavy atom. The van der Waals surface area contributed by atoms with E-state index < -0.39 is 0 Å². The molecule has 0 saturated carbocycles. The summed E-state index contributed by atoms with van der Waals surface area (Å²) in [4.78, 5) is 0. The summed E-state index contributed by atoms with van der Waals surface area (Å²) >= 11 is 29.8. The minimum atomic E-state index is 0.323. The molecule has 0 aromatic heterocycles. The third-order valence-electron chi connectivity index (χ3n) is 2.04. The summed E-state index contributed by atoms with van der Waals surface area (Å²) in [5.74, 6) is 0. The third kappa shape index (κ3) is 1.90. The van der Waals surface area contributed by atoms with Crippen LogP contribution in [0.3, 0.4) is 0 Å². The van der Waals surface area contributed by atoms with Gasteiger partial charge in [0, 0.05) is 10.8 Å². The van der Waals surface area contributed by atoms with Crippen molar-refractivity contribution in [3.05, 3.63) is 43.3 Å². The van der Waals surface area contributed by atoms with Gasteiger partial charge in [0.05, 0.1) is 25.1 Å². The number of hydrogen-bond acceptors (Lipinski definition) is 0. The predicted molar refractivity (Wildman–Crippen MR) is 69.0 cm³/mol. The maximum Gasteiger partial charge on any atom is 0.0785 e. The number of benzene rings is 2. The van der Waals surface area contributed by atoms with E-state index in [0.717, 1.165) is 5.39 Å². The Bertz CT molecular complexity index is 547. The summed E-state index contributed by atoms with van der Waals surface area (Å²) in [6, 6.07) is 5.08. The number of halogens is 5. The van der Waals surface area contributed by atoms with E-state index >= 15 is 0 Å². The van der Waals surface area contributed by atoms with E-state index in [9.17, 15) is 0 Å². The zero-order chi connectivity index (χ0) is 11.2. The summed E-state index contributed by atoms with van der Waals surface area (Å²) < 4.78 is 0. The molecule has 2 rings (SSSR count). The molecule has 0 unspecified atom stereocenters. The molecule has 5 heteroatoms. The lowest BCUT2D eigenvalue weighted by Crippen LogP contribution is -1.80. The van der Waals surface area contributed by atoms with Gasteiger partial charge in [-0.15, -0.1) is 0 Å². The Labute approximate surface area is 112 Å². The molecule has 0 heterocycles. The van der Waals surface area contributed by atoms with Crippen molar-refractivity contribution in [1.82, 2.24) is 0 Å². The molecule has 0 spiro atoms. The average Bonchev–Trinajstić information content (AvgIpc) is 2.21. The van der Waals surface area contributed by atoms with Gasteiger partial charge in [-0.25, -0.2) is 0 Å². The van der Waals surface area contributed by atoms with Gasteiger partial charge in [-0.2, -0.15) is 0 Å². The van der Waals surface area contributed by atoms with Gasteiger partial charge in [-0.05, 0) is 12.1 Å². The van der Waals surface area contributed by atoms with Crippen molar-refractivity contribution in [2.75, 3.05) is 0 Å². The Morgan fingerprint density at radius 1 is 0.600 bits per heavy atom. The van der Waals surface area contributed by atoms with Gasteiger partial charge in [-0.3, -0.25) is 0 Å². The lowest BCUT2D eigenvalue weighted by atomic mass is 10.1. The highest BCUT2D eigenvalue weighted by atomic mass is 35.5. The molecule has 0 nitrogen and oxygen atoms in total. The topological polar surface area (TPSA) is 0 Å². The van der Waals surface area contributed by atoms with Crippen molar-refractivity contribution < 1.29 is 0 Å². The van der Waals surface area contributed by atoms with Crippen molar-refractivity contribution in [3.63, 3.8) is 0 Å². The Hall–Kier alpha value is 0.150. The summed E-state index contributed by atoms with van der Waals surface area (Å²) in [7, 11) is 0. The molecular weight excluding hydrogens is 297 g/mol. The van der Waals surface area contributed by atoms with Crippen LogP contribution >= 0.6 is 58.0 Å². The van der Waals surface area contributed by atoms with Crippen molar-refractivity contribution in [2.24, 2.45) is 0 Å². The van der Waals surface area contributed by atoms with Crippen LogP contribution < -0.4 is 0 Å². The van der Waals surface area contributed by atoms with Crippen LogP contribution in [0.25, 0.3) is 10.8 Å². The van der Waals surface area contributed by atoms with Crippen LogP contribution in [0.1, 0.15) is 0 Å². The molecule has 0 bridgehead atoms. The monoisotopic (exact) mass is 298 g/mol. The largest absolute Gasteiger partial charge is 0.0827 e. The minimum absolute atomic E-state index is 0.323. The summed E-state index contributed by atoms with van der Waals surface area (Å²) in [5.41, 5.74) is 0. The van der Waals surface area contributed by atoms with Crippen LogP contribution in [0.4, 0.5) is 0 Å². The van der Waals surface area contributed by atoms with Gasteiger partial charge in [0.2, 0.25) is 0 Å². The normalized spacial score (nSPS) is 11.0. The molecule has 0 aliphatic rings. The maximum atomic E-state index is 6.04. The lowest BCUT2D eigenvalue weighted by molar-refractivity contribution is 1.74. The van der Waals surface area contributed by atoms with Gasteiger partial charge in [-0.1, -0.05) is 64.1 Å². The highest BCUT2D eigenvalue weighted by molar-refractivity contribution is 6.52. The molecule has 0 radical (unpaired) electrons. The fourth-order valence-electron chi connectivity index (χ4n) is 1.31. The third-order valence-corrected chi connectivity index (χ3v) is 4.14. The van der Waals surface area contributed by atoms with Gasteiger partial charge in [0.15, 0.2) is 0 Å². The maximum absolute atomic E-state index is 6.04. The Balaban J connectivity index is 2.98. The number of fused-ring (bicyclic) bond motifs is 1. The SMILES string of the molecule is Clc1cc2c(Cl)c(Cl)ccc2c(Cl)c1Cl. The Kier molecular flexibility index (Phi) is 3.25. The van der Waals surface area contributed by atoms with Gasteiger partial charge in [0.1, 0.15) is 0 Å². The van der Waals surface area contributed by atoms with E-state index in [1.807, 2.05) is 0 Å². The van der Waals surface area contributed by atoms with Crippen molar-refractivity contribution in [3.8, 4) is 0 Å². The van der Waals surface area contributed by atoms with E-state index in [-0.39, 0.29) is 0 Å². The second kappa shape index (κ2) is 4.20. The molecule has 0 amide bonds. The second-order valence-corrected chi connectivity index (χ2v) is 4.89. The molecule has 0 atom stereocenters. The van der Waals surface area contributed by atoms with E-state index in [4.69, 9.17) is 58.0 Å². The fourth-order valence-corrected chi connectivity index (χ4v) is 2.37. The number of hydrogen-bond donors (Lipinski definition) is 0. The highest BCUT2D eigenvalue weighted by Gasteiger charge is 2.12. The standard InChI is InChI=1S/C10H3Cl5/c11-6-2-1-4-5(8(6)13)3-7(12)10(15)9(4)14/h1-3H. The molecule has 0 N–H and O–H groups in total. The summed E-state index contributed by atoms with van der Waals surface area (Å²) in [6.07, 6.45) is 0. The molecule has 15 heavy (non-hydrogen) atoms. The van der Waals surface area contributed by atoms with Crippen molar-refractivity contribution >= 4 is 68.8 Å². The minimum Gasteiger partial charge on any atom is -0.0827 e. The van der Waals surface area contributed by atoms with Crippen LogP contribution in [0.5, 0.6) is 0 Å². The fraction of sp³-hybridized carbons (Fsp3) is 0. The van der Waals surface area contributed by atoms with E-state index in [1.165, 1.54) is 0 Å². The summed E-state index contributed by atoms with van der Waals surface area (Å²) in [6.45, 7) is 0. The molecule has 0 saturated heterocycles. The average molecular weight is 300 g/mol. The van der Waals surface area contributed by atoms with Gasteiger partial charge in [0.25, 0.3) is 0 Å². The first-order valence-corrected chi connectivity index (χ1v) is 5.82. The van der Waals surface area contributed by atoms with Crippen LogP contribution in [-0.4, -0.2) is 0 Å². The smallest absolute Gasteiger partial charge is 0.0785 e. The first-order valence-electron chi connectivity index (χ1n) is 3.93. The van der Waals surface area contributed by atoms with Crippen molar-refractivity contribution in [2.45, 2.75) is 0 Å². The highest BCUT2D eigenvalue weighted by Crippen LogP contribution is 2.41. The first-order chi connectivity index (χ1) is 7.02. The molecule has 2 aromatic rings. The zero-order valence-electron chi connectivity index (χ0n) is 7.12. The van der Waals surface area contributed by atoms with Crippen LogP contribution in [0.15, 0.2) is 18.2 Å². The summed E-state index contributed by atoms with van der Waals surface area (Å²) in [5, 5.41) is 3.39. The van der Waals surface area contributed by atoms with Crippen LogP contribution in [0, 0.1) is 0 Å². The van der Waals surface area contributed by atoms with Gasteiger partial charge < -0.3 is 0 Å². The molecule has 0 aliphatic carbocycles. The quantitative estimate of drug-likeness (QED) is 0.515. The Morgan fingerprint density at radius 2 is 1.27 bits per heavy atom. The second-order valence-electron chi connectivity index (χ2n) is 2.94. The van der Waals surface area contributed by atoms with Crippen molar-refractivity contribution in [1.29, 1.82) is 0 Å². The number of rotatable bonds is 0.